The second kappa shape index (κ2) is 10.1. The number of likely N-dealkylation sites (N-methyl/N-ethyl adjacent to an activating group) is 1. The van der Waals surface area contributed by atoms with Crippen molar-refractivity contribution in [3.8, 4) is 5.75 Å². The standard InChI is InChI=1S/C16H22N4O2.HI/c1-13-4-6-15(7-5-13)21-11-9-20(3)16(17-2)18-12-14-8-10-22-19-14;/h4-8,10H,9,11-12H2,1-3H3,(H,17,18);1H. The van der Waals surface area contributed by atoms with Crippen LogP contribution in [0.25, 0.3) is 0 Å². The van der Waals surface area contributed by atoms with E-state index in [1.165, 1.54) is 5.56 Å². The van der Waals surface area contributed by atoms with Gasteiger partial charge in [0.1, 0.15) is 24.3 Å². The summed E-state index contributed by atoms with van der Waals surface area (Å²) in [5, 5.41) is 7.08. The number of rotatable bonds is 6. The average Bonchev–Trinajstić information content (AvgIpc) is 3.03. The molecule has 2 rings (SSSR count). The second-order valence-electron chi connectivity index (χ2n) is 4.97. The lowest BCUT2D eigenvalue weighted by molar-refractivity contribution is 0.281. The summed E-state index contributed by atoms with van der Waals surface area (Å²) in [6.07, 6.45) is 1.55. The number of benzene rings is 1. The Labute approximate surface area is 153 Å². The summed E-state index contributed by atoms with van der Waals surface area (Å²) in [6, 6.07) is 9.86. The van der Waals surface area contributed by atoms with Gasteiger partial charge in [-0.25, -0.2) is 0 Å². The smallest absolute Gasteiger partial charge is 0.193 e. The summed E-state index contributed by atoms with van der Waals surface area (Å²) in [5.74, 6) is 1.67. The van der Waals surface area contributed by atoms with Gasteiger partial charge in [0.05, 0.1) is 13.1 Å². The van der Waals surface area contributed by atoms with E-state index in [1.807, 2.05) is 42.3 Å². The number of aryl methyl sites for hydroxylation is 1. The summed E-state index contributed by atoms with van der Waals surface area (Å²) in [6.45, 7) is 3.95. The van der Waals surface area contributed by atoms with Crippen LogP contribution in [0.2, 0.25) is 0 Å². The predicted molar refractivity (Wildman–Crippen MR) is 101 cm³/mol. The molecule has 1 aromatic heterocycles. The molecule has 6 nitrogen and oxygen atoms in total. The van der Waals surface area contributed by atoms with Crippen LogP contribution in [-0.2, 0) is 6.54 Å². The molecule has 1 N–H and O–H groups in total. The summed E-state index contributed by atoms with van der Waals surface area (Å²) < 4.78 is 10.5. The van der Waals surface area contributed by atoms with Crippen LogP contribution < -0.4 is 10.1 Å². The molecule has 0 saturated carbocycles. The fourth-order valence-electron chi connectivity index (χ4n) is 1.92. The molecule has 0 saturated heterocycles. The number of nitrogens with zero attached hydrogens (tertiary/aromatic N) is 3. The Morgan fingerprint density at radius 1 is 1.30 bits per heavy atom. The minimum atomic E-state index is 0. The SMILES string of the molecule is CN=C(NCc1ccon1)N(C)CCOc1ccc(C)cc1.I. The van der Waals surface area contributed by atoms with Crippen LogP contribution in [0.5, 0.6) is 5.75 Å². The number of nitrogens with one attached hydrogen (secondary N) is 1. The quantitative estimate of drug-likeness (QED) is 0.434. The Morgan fingerprint density at radius 3 is 2.65 bits per heavy atom. The minimum absolute atomic E-state index is 0. The fraction of sp³-hybridized carbons (Fsp3) is 0.375. The molecular formula is C16H23IN4O2. The first-order valence-corrected chi connectivity index (χ1v) is 7.19. The van der Waals surface area contributed by atoms with Gasteiger partial charge in [-0.1, -0.05) is 22.9 Å². The molecule has 0 unspecified atom stereocenters. The van der Waals surface area contributed by atoms with Crippen molar-refractivity contribution < 1.29 is 9.26 Å². The van der Waals surface area contributed by atoms with Gasteiger partial charge < -0.3 is 19.5 Å². The average molecular weight is 430 g/mol. The minimum Gasteiger partial charge on any atom is -0.492 e. The summed E-state index contributed by atoms with van der Waals surface area (Å²) >= 11 is 0. The third-order valence-corrected chi connectivity index (χ3v) is 3.21. The molecule has 0 spiro atoms. The molecule has 126 valence electrons. The van der Waals surface area contributed by atoms with Crippen LogP contribution >= 0.6 is 24.0 Å². The van der Waals surface area contributed by atoms with Crippen LogP contribution in [0, 0.1) is 6.92 Å². The lowest BCUT2D eigenvalue weighted by Crippen LogP contribution is -2.40. The maximum Gasteiger partial charge on any atom is 0.193 e. The van der Waals surface area contributed by atoms with Crippen LogP contribution in [0.15, 0.2) is 46.1 Å². The molecule has 0 aliphatic heterocycles. The normalized spacial score (nSPS) is 10.8. The first-order chi connectivity index (χ1) is 10.7. The van der Waals surface area contributed by atoms with Gasteiger partial charge in [-0.2, -0.15) is 0 Å². The van der Waals surface area contributed by atoms with Crippen LogP contribution in [-0.4, -0.2) is 43.3 Å². The van der Waals surface area contributed by atoms with Crippen LogP contribution in [0.1, 0.15) is 11.3 Å². The van der Waals surface area contributed by atoms with Crippen molar-refractivity contribution in [2.75, 3.05) is 27.2 Å². The zero-order chi connectivity index (χ0) is 15.8. The third kappa shape index (κ3) is 6.47. The number of guanidine groups is 1. The lowest BCUT2D eigenvalue weighted by Gasteiger charge is -2.21. The molecule has 0 amide bonds. The highest BCUT2D eigenvalue weighted by Gasteiger charge is 2.06. The summed E-state index contributed by atoms with van der Waals surface area (Å²) in [4.78, 5) is 6.25. The van der Waals surface area contributed by atoms with Gasteiger partial charge >= 0.3 is 0 Å². The van der Waals surface area contributed by atoms with Crippen molar-refractivity contribution in [3.63, 3.8) is 0 Å². The van der Waals surface area contributed by atoms with Gasteiger partial charge in [-0.05, 0) is 19.1 Å². The van der Waals surface area contributed by atoms with Gasteiger partial charge in [0, 0.05) is 20.2 Å². The number of hydrogen-bond donors (Lipinski definition) is 1. The van der Waals surface area contributed by atoms with Crippen LogP contribution in [0.4, 0.5) is 0 Å². The Hall–Kier alpha value is -1.77. The highest BCUT2D eigenvalue weighted by molar-refractivity contribution is 14.0. The molecule has 2 aromatic rings. The Balaban J connectivity index is 0.00000264. The molecule has 0 fully saturated rings. The lowest BCUT2D eigenvalue weighted by atomic mass is 10.2. The topological polar surface area (TPSA) is 62.9 Å². The number of aromatic nitrogens is 1. The first kappa shape index (κ1) is 19.3. The number of ether oxygens (including phenoxy) is 1. The van der Waals surface area contributed by atoms with E-state index in [1.54, 1.807) is 13.3 Å². The van der Waals surface area contributed by atoms with E-state index in [4.69, 9.17) is 9.26 Å². The van der Waals surface area contributed by atoms with Gasteiger partial charge in [0.25, 0.3) is 0 Å². The fourth-order valence-corrected chi connectivity index (χ4v) is 1.92. The third-order valence-electron chi connectivity index (χ3n) is 3.21. The molecular weight excluding hydrogens is 407 g/mol. The summed E-state index contributed by atoms with van der Waals surface area (Å²) in [7, 11) is 3.72. The van der Waals surface area contributed by atoms with E-state index in [0.717, 1.165) is 23.9 Å². The highest BCUT2D eigenvalue weighted by atomic mass is 127. The largest absolute Gasteiger partial charge is 0.492 e. The zero-order valence-corrected chi connectivity index (χ0v) is 16.0. The Morgan fingerprint density at radius 2 is 2.04 bits per heavy atom. The van der Waals surface area contributed by atoms with E-state index >= 15 is 0 Å². The van der Waals surface area contributed by atoms with Crippen molar-refractivity contribution in [2.24, 2.45) is 4.99 Å². The molecule has 0 aliphatic rings. The molecule has 1 heterocycles. The number of halogens is 1. The number of hydrogen-bond acceptors (Lipinski definition) is 4. The van der Waals surface area contributed by atoms with Gasteiger partial charge in [0.2, 0.25) is 0 Å². The highest BCUT2D eigenvalue weighted by Crippen LogP contribution is 2.11. The van der Waals surface area contributed by atoms with E-state index in [2.05, 4.69) is 22.4 Å². The second-order valence-corrected chi connectivity index (χ2v) is 4.97. The monoisotopic (exact) mass is 430 g/mol. The van der Waals surface area contributed by atoms with Crippen molar-refractivity contribution in [1.82, 2.24) is 15.4 Å². The van der Waals surface area contributed by atoms with Crippen molar-refractivity contribution >= 4 is 29.9 Å². The summed E-state index contributed by atoms with van der Waals surface area (Å²) in [5.41, 5.74) is 2.06. The number of aliphatic imine (C=N–C) groups is 1. The Kier molecular flexibility index (Phi) is 8.46. The van der Waals surface area contributed by atoms with Crippen molar-refractivity contribution in [3.05, 3.63) is 47.9 Å². The molecule has 23 heavy (non-hydrogen) atoms. The zero-order valence-electron chi connectivity index (χ0n) is 13.7. The van der Waals surface area contributed by atoms with Crippen molar-refractivity contribution in [1.29, 1.82) is 0 Å². The molecule has 0 aliphatic carbocycles. The van der Waals surface area contributed by atoms with E-state index in [-0.39, 0.29) is 24.0 Å². The van der Waals surface area contributed by atoms with E-state index in [9.17, 15) is 0 Å². The molecule has 7 heteroatoms. The van der Waals surface area contributed by atoms with Gasteiger partial charge in [-0.15, -0.1) is 24.0 Å². The predicted octanol–water partition coefficient (Wildman–Crippen LogP) is 2.69. The van der Waals surface area contributed by atoms with Crippen LogP contribution in [0.3, 0.4) is 0 Å². The van der Waals surface area contributed by atoms with Crippen molar-refractivity contribution in [2.45, 2.75) is 13.5 Å². The molecule has 0 bridgehead atoms. The maximum atomic E-state index is 5.72. The molecule has 0 radical (unpaired) electrons. The maximum absolute atomic E-state index is 5.72. The van der Waals surface area contributed by atoms with E-state index in [0.29, 0.717) is 13.2 Å². The van der Waals surface area contributed by atoms with Gasteiger partial charge in [-0.3, -0.25) is 4.99 Å². The van der Waals surface area contributed by atoms with E-state index < -0.39 is 0 Å². The first-order valence-electron chi connectivity index (χ1n) is 7.19. The Bertz CT molecular complexity index is 585. The molecule has 0 atom stereocenters. The van der Waals surface area contributed by atoms with Gasteiger partial charge in [0.15, 0.2) is 5.96 Å². The molecule has 1 aromatic carbocycles.